The molecule has 0 aliphatic rings. The molecule has 2 rings (SSSR count). The fourth-order valence-electron chi connectivity index (χ4n) is 2.86. The molecule has 1 amide bonds. The van der Waals surface area contributed by atoms with Gasteiger partial charge in [-0.05, 0) is 40.3 Å². The molecule has 0 radical (unpaired) electrons. The highest BCUT2D eigenvalue weighted by Gasteiger charge is 2.23. The fourth-order valence-corrected chi connectivity index (χ4v) is 2.86. The molecule has 270 valence electrons. The number of amides is 1. The molecule has 0 aliphatic carbocycles. The van der Waals surface area contributed by atoms with Gasteiger partial charge in [-0.3, -0.25) is 14.4 Å². The van der Waals surface area contributed by atoms with Gasteiger partial charge < -0.3 is 31.0 Å². The zero-order chi connectivity index (χ0) is 38.0. The number of halogens is 3. The van der Waals surface area contributed by atoms with Crippen molar-refractivity contribution in [2.45, 2.75) is 66.3 Å². The lowest BCUT2D eigenvalue weighted by Gasteiger charge is -2.16. The van der Waals surface area contributed by atoms with Crippen LogP contribution in [0.1, 0.15) is 52.7 Å². The van der Waals surface area contributed by atoms with Crippen LogP contribution >= 0.6 is 0 Å². The Hall–Kier alpha value is -5.01. The minimum absolute atomic E-state index is 0.116. The van der Waals surface area contributed by atoms with Gasteiger partial charge in [0.25, 0.3) is 5.91 Å². The SMILES string of the molecule is C=CC(C)NC.C=CCN.CC.CC(C)(C)O/N=C/C(C(=O)NCc1c(F)cc(F)cc1F)=C(/O)C(OCc1ccccc1)=C(C=O)C=O. The van der Waals surface area contributed by atoms with Gasteiger partial charge >= 0.3 is 0 Å². The van der Waals surface area contributed by atoms with Crippen LogP contribution in [0.4, 0.5) is 13.2 Å². The number of benzene rings is 2. The third kappa shape index (κ3) is 19.4. The van der Waals surface area contributed by atoms with E-state index in [-0.39, 0.29) is 19.2 Å². The number of nitrogens with two attached hydrogens (primary N) is 1. The Bertz CT molecular complexity index is 1390. The number of carbonyl (C=O) groups excluding carboxylic acids is 3. The molecule has 1 atom stereocenters. The van der Waals surface area contributed by atoms with Crippen molar-refractivity contribution < 1.29 is 42.2 Å². The van der Waals surface area contributed by atoms with Crippen LogP contribution in [0, 0.1) is 17.5 Å². The molecule has 10 nitrogen and oxygen atoms in total. The Labute approximate surface area is 287 Å². The number of aliphatic hydroxyl groups is 1. The molecule has 5 N–H and O–H groups in total. The normalized spacial score (nSPS) is 11.3. The van der Waals surface area contributed by atoms with Crippen LogP contribution in [0.5, 0.6) is 0 Å². The Morgan fingerprint density at radius 3 is 2.00 bits per heavy atom. The molecule has 13 heteroatoms. The van der Waals surface area contributed by atoms with Crippen molar-refractivity contribution in [3.05, 3.63) is 119 Å². The van der Waals surface area contributed by atoms with Gasteiger partial charge in [0.2, 0.25) is 0 Å². The van der Waals surface area contributed by atoms with Crippen molar-refractivity contribution in [3.8, 4) is 0 Å². The molecule has 0 aliphatic heterocycles. The van der Waals surface area contributed by atoms with Gasteiger partial charge in [-0.1, -0.05) is 61.5 Å². The molecule has 0 spiro atoms. The minimum atomic E-state index is -1.24. The molecule has 0 fully saturated rings. The van der Waals surface area contributed by atoms with E-state index in [0.29, 0.717) is 30.3 Å². The third-order valence-corrected chi connectivity index (χ3v) is 5.47. The second-order valence-corrected chi connectivity index (χ2v) is 10.4. The van der Waals surface area contributed by atoms with Gasteiger partial charge in [-0.15, -0.1) is 13.2 Å². The summed E-state index contributed by atoms with van der Waals surface area (Å²) in [6.45, 7) is 17.6. The first-order chi connectivity index (χ1) is 23.2. The van der Waals surface area contributed by atoms with Crippen molar-refractivity contribution in [1.29, 1.82) is 0 Å². The molecule has 2 aromatic carbocycles. The maximum atomic E-state index is 14.0. The summed E-state index contributed by atoms with van der Waals surface area (Å²) >= 11 is 0. The van der Waals surface area contributed by atoms with E-state index in [0.717, 1.165) is 6.21 Å². The largest absolute Gasteiger partial charge is 0.504 e. The van der Waals surface area contributed by atoms with Gasteiger partial charge in [-0.2, -0.15) is 0 Å². The van der Waals surface area contributed by atoms with E-state index in [4.69, 9.17) is 15.3 Å². The summed E-state index contributed by atoms with van der Waals surface area (Å²) in [6.07, 6.45) is 4.53. The molecule has 0 bridgehead atoms. The van der Waals surface area contributed by atoms with E-state index >= 15 is 0 Å². The van der Waals surface area contributed by atoms with Crippen molar-refractivity contribution in [2.24, 2.45) is 10.9 Å². The number of nitrogens with zero attached hydrogens (tertiary/aromatic N) is 1. The van der Waals surface area contributed by atoms with Crippen LogP contribution in [0.25, 0.3) is 0 Å². The van der Waals surface area contributed by atoms with Crippen LogP contribution < -0.4 is 16.4 Å². The molecule has 0 saturated heterocycles. The van der Waals surface area contributed by atoms with Crippen LogP contribution in [0.15, 0.2) is 95.6 Å². The van der Waals surface area contributed by atoms with Crippen LogP contribution in [0.3, 0.4) is 0 Å². The lowest BCUT2D eigenvalue weighted by molar-refractivity contribution is -0.117. The zero-order valence-electron chi connectivity index (χ0n) is 29.2. The summed E-state index contributed by atoms with van der Waals surface area (Å²) in [5.41, 5.74) is 2.80. The smallest absolute Gasteiger partial charge is 0.257 e. The number of likely N-dealkylation sites (N-methyl/N-ethyl adjacent to an activating group) is 1. The lowest BCUT2D eigenvalue weighted by Crippen LogP contribution is -2.28. The minimum Gasteiger partial charge on any atom is -0.504 e. The van der Waals surface area contributed by atoms with Gasteiger partial charge in [-0.25, -0.2) is 13.2 Å². The van der Waals surface area contributed by atoms with Crippen molar-refractivity contribution in [2.75, 3.05) is 13.6 Å². The van der Waals surface area contributed by atoms with Gasteiger partial charge in [0.15, 0.2) is 24.1 Å². The van der Waals surface area contributed by atoms with Crippen molar-refractivity contribution in [1.82, 2.24) is 10.6 Å². The summed E-state index contributed by atoms with van der Waals surface area (Å²) in [6, 6.07) is 9.86. The van der Waals surface area contributed by atoms with Crippen molar-refractivity contribution in [3.63, 3.8) is 0 Å². The summed E-state index contributed by atoms with van der Waals surface area (Å²) in [7, 11) is 1.91. The highest BCUT2D eigenvalue weighted by atomic mass is 19.1. The number of rotatable bonds is 14. The summed E-state index contributed by atoms with van der Waals surface area (Å²) in [5, 5.41) is 19.7. The molecular formula is C36H49F3N4O6. The Balaban J connectivity index is 0. The van der Waals surface area contributed by atoms with E-state index in [1.807, 2.05) is 33.9 Å². The molecule has 1 unspecified atom stereocenters. The summed E-state index contributed by atoms with van der Waals surface area (Å²) in [4.78, 5) is 41.1. The van der Waals surface area contributed by atoms with Crippen LogP contribution in [-0.2, 0) is 37.1 Å². The first-order valence-electron chi connectivity index (χ1n) is 15.2. The molecule has 0 saturated carbocycles. The maximum absolute atomic E-state index is 14.0. The number of nitrogens with one attached hydrogen (secondary N) is 2. The molecule has 49 heavy (non-hydrogen) atoms. The molecule has 0 aromatic heterocycles. The van der Waals surface area contributed by atoms with Crippen molar-refractivity contribution >= 4 is 24.7 Å². The summed E-state index contributed by atoms with van der Waals surface area (Å²) in [5.74, 6) is -6.36. The quantitative estimate of drug-likeness (QED) is 0.0212. The van der Waals surface area contributed by atoms with Crippen LogP contribution in [0.2, 0.25) is 0 Å². The first-order valence-corrected chi connectivity index (χ1v) is 15.2. The number of carbonyl (C=O) groups is 3. The number of allylic oxidation sites excluding steroid dienone is 1. The fraction of sp³-hybridized carbons (Fsp3) is 0.333. The number of hydrogen-bond acceptors (Lipinski definition) is 9. The first kappa shape index (κ1) is 46.1. The number of hydrogen-bond donors (Lipinski definition) is 4. The highest BCUT2D eigenvalue weighted by Crippen LogP contribution is 2.20. The number of oxime groups is 1. The zero-order valence-corrected chi connectivity index (χ0v) is 29.2. The van der Waals surface area contributed by atoms with E-state index in [1.165, 1.54) is 0 Å². The average Bonchev–Trinajstić information content (AvgIpc) is 3.08. The number of aliphatic hydroxyl groups excluding tert-OH is 1. The van der Waals surface area contributed by atoms with E-state index in [9.17, 15) is 32.7 Å². The van der Waals surface area contributed by atoms with E-state index in [1.54, 1.807) is 57.2 Å². The van der Waals surface area contributed by atoms with E-state index in [2.05, 4.69) is 28.9 Å². The topological polar surface area (TPSA) is 152 Å². The lowest BCUT2D eigenvalue weighted by atomic mass is 10.1. The Morgan fingerprint density at radius 1 is 1.06 bits per heavy atom. The second-order valence-electron chi connectivity index (χ2n) is 10.4. The predicted molar refractivity (Wildman–Crippen MR) is 187 cm³/mol. The highest BCUT2D eigenvalue weighted by molar-refractivity contribution is 6.13. The van der Waals surface area contributed by atoms with Gasteiger partial charge in [0.1, 0.15) is 35.2 Å². The molecule has 2 aromatic rings. The number of aldehydes is 2. The standard InChI is InChI=1S/C26H25F3N2O6.C5H11N.C3H7N.C2H6/c1-26(2,3)37-31-12-20(25(35)30-11-19-21(28)9-18(27)10-22(19)29)23(34)24(17(13-32)14-33)36-15-16-7-5-4-6-8-16;1-4-5(2)6-3;1-2-3-4;1-2/h4-10,12-14,34H,11,15H2,1-3H3,(H,30,35);4-6H,1H2,2-3H3;2H,1,3-4H2;1-2H3/b23-20-,31-12+;;;. The molecular weight excluding hydrogens is 641 g/mol. The molecule has 0 heterocycles. The van der Waals surface area contributed by atoms with E-state index < -0.39 is 63.7 Å². The maximum Gasteiger partial charge on any atom is 0.257 e. The van der Waals surface area contributed by atoms with Gasteiger partial charge in [0, 0.05) is 36.8 Å². The summed E-state index contributed by atoms with van der Waals surface area (Å²) < 4.78 is 46.7. The Morgan fingerprint density at radius 2 is 1.59 bits per heavy atom. The monoisotopic (exact) mass is 690 g/mol. The third-order valence-electron chi connectivity index (χ3n) is 5.47. The number of ether oxygens (including phenoxy) is 1. The Kier molecular flexibility index (Phi) is 24.5. The average molecular weight is 691 g/mol. The van der Waals surface area contributed by atoms with Gasteiger partial charge in [0.05, 0.1) is 11.8 Å². The second kappa shape index (κ2) is 26.0. The predicted octanol–water partition coefficient (Wildman–Crippen LogP) is 6.14. The van der Waals surface area contributed by atoms with Crippen LogP contribution in [-0.4, -0.2) is 55.0 Å².